The van der Waals surface area contributed by atoms with Crippen LogP contribution < -0.4 is 10.5 Å². The highest BCUT2D eigenvalue weighted by atomic mass is 35.5. The summed E-state index contributed by atoms with van der Waals surface area (Å²) in [7, 11) is -3.87. The Morgan fingerprint density at radius 2 is 1.86 bits per heavy atom. The molecule has 2 aliphatic heterocycles. The van der Waals surface area contributed by atoms with Crippen LogP contribution >= 0.6 is 11.6 Å². The molecule has 156 valence electrons. The van der Waals surface area contributed by atoms with Gasteiger partial charge in [-0.25, -0.2) is 17.8 Å². The predicted octanol–water partition coefficient (Wildman–Crippen LogP) is 1.19. The Hall–Kier alpha value is -2.01. The topological polar surface area (TPSA) is 95.6 Å². The summed E-state index contributed by atoms with van der Waals surface area (Å²) in [4.78, 5) is 21.9. The van der Waals surface area contributed by atoms with Gasteiger partial charge in [0.2, 0.25) is 16.0 Å². The smallest absolute Gasteiger partial charge is 0.255 e. The quantitative estimate of drug-likeness (QED) is 0.767. The SMILES string of the molecule is O=c1[nH]c(N2CCOCC2)nc2c1CCN(S(=O)(=O)c1ccc(F)c(Cl)c1)CC2. The van der Waals surface area contributed by atoms with Gasteiger partial charge in [0.25, 0.3) is 5.56 Å². The van der Waals surface area contributed by atoms with E-state index in [0.717, 1.165) is 12.1 Å². The summed E-state index contributed by atoms with van der Waals surface area (Å²) < 4.78 is 46.0. The molecule has 4 rings (SSSR count). The monoisotopic (exact) mass is 442 g/mol. The molecule has 0 spiro atoms. The van der Waals surface area contributed by atoms with Gasteiger partial charge in [0.05, 0.1) is 28.8 Å². The van der Waals surface area contributed by atoms with Gasteiger partial charge in [-0.1, -0.05) is 11.6 Å². The first-order valence-corrected chi connectivity index (χ1v) is 11.1. The van der Waals surface area contributed by atoms with Crippen LogP contribution in [0.25, 0.3) is 0 Å². The number of morpholine rings is 1. The van der Waals surface area contributed by atoms with E-state index in [1.54, 1.807) is 0 Å². The third-order valence-corrected chi connectivity index (χ3v) is 7.32. The van der Waals surface area contributed by atoms with Crippen molar-refractivity contribution in [2.24, 2.45) is 0 Å². The third-order valence-electron chi connectivity index (χ3n) is 5.14. The van der Waals surface area contributed by atoms with Crippen molar-refractivity contribution in [3.8, 4) is 0 Å². The molecule has 1 aromatic heterocycles. The molecular weight excluding hydrogens is 423 g/mol. The first kappa shape index (κ1) is 20.3. The first-order chi connectivity index (χ1) is 13.9. The summed E-state index contributed by atoms with van der Waals surface area (Å²) >= 11 is 5.75. The number of nitrogens with zero attached hydrogens (tertiary/aromatic N) is 3. The number of halogens is 2. The second kappa shape index (κ2) is 8.02. The average molecular weight is 443 g/mol. The molecule has 1 fully saturated rings. The molecule has 1 N–H and O–H groups in total. The van der Waals surface area contributed by atoms with Crippen molar-refractivity contribution < 1.29 is 17.5 Å². The number of aromatic nitrogens is 2. The van der Waals surface area contributed by atoms with Crippen LogP contribution in [0.1, 0.15) is 11.3 Å². The minimum absolute atomic E-state index is 0.0780. The molecule has 2 aromatic rings. The van der Waals surface area contributed by atoms with Crippen molar-refractivity contribution in [3.63, 3.8) is 0 Å². The van der Waals surface area contributed by atoms with Crippen molar-refractivity contribution in [2.75, 3.05) is 44.3 Å². The van der Waals surface area contributed by atoms with E-state index in [2.05, 4.69) is 9.97 Å². The van der Waals surface area contributed by atoms with Crippen LogP contribution in [0.5, 0.6) is 0 Å². The molecule has 0 unspecified atom stereocenters. The first-order valence-electron chi connectivity index (χ1n) is 9.26. The van der Waals surface area contributed by atoms with E-state index in [1.165, 1.54) is 10.4 Å². The van der Waals surface area contributed by atoms with E-state index in [0.29, 0.717) is 49.9 Å². The molecule has 0 bridgehead atoms. The van der Waals surface area contributed by atoms with E-state index in [1.807, 2.05) is 4.90 Å². The van der Waals surface area contributed by atoms with Gasteiger partial charge < -0.3 is 9.64 Å². The lowest BCUT2D eigenvalue weighted by molar-refractivity contribution is 0.122. The van der Waals surface area contributed by atoms with Crippen LogP contribution in [0.15, 0.2) is 27.9 Å². The Balaban J connectivity index is 1.59. The standard InChI is InChI=1S/C18H20ClFN4O4S/c19-14-11-12(1-2-15(14)20)29(26,27)24-5-3-13-16(4-6-24)21-18(22-17(13)25)23-7-9-28-10-8-23/h1-2,11H,3-10H2,(H,21,22,25). The molecule has 0 saturated carbocycles. The molecule has 0 aliphatic carbocycles. The number of fused-ring (bicyclic) bond motifs is 1. The van der Waals surface area contributed by atoms with Gasteiger partial charge in [-0.15, -0.1) is 0 Å². The van der Waals surface area contributed by atoms with E-state index in [4.69, 9.17) is 16.3 Å². The Morgan fingerprint density at radius 3 is 2.59 bits per heavy atom. The van der Waals surface area contributed by atoms with Crippen LogP contribution in [0.4, 0.5) is 10.3 Å². The van der Waals surface area contributed by atoms with Gasteiger partial charge in [0, 0.05) is 38.2 Å². The number of benzene rings is 1. The van der Waals surface area contributed by atoms with E-state index >= 15 is 0 Å². The summed E-state index contributed by atoms with van der Waals surface area (Å²) in [5.41, 5.74) is 0.850. The summed E-state index contributed by atoms with van der Waals surface area (Å²) in [5.74, 6) is -0.195. The number of aromatic amines is 1. The summed E-state index contributed by atoms with van der Waals surface area (Å²) in [5, 5.41) is -0.252. The fourth-order valence-corrected chi connectivity index (χ4v) is 5.24. The molecular formula is C18H20ClFN4O4S. The third kappa shape index (κ3) is 4.02. The van der Waals surface area contributed by atoms with Crippen molar-refractivity contribution in [1.29, 1.82) is 0 Å². The lowest BCUT2D eigenvalue weighted by Gasteiger charge is -2.27. The predicted molar refractivity (Wildman–Crippen MR) is 105 cm³/mol. The summed E-state index contributed by atoms with van der Waals surface area (Å²) in [6, 6.07) is 3.32. The lowest BCUT2D eigenvalue weighted by atomic mass is 10.1. The van der Waals surface area contributed by atoms with Crippen molar-refractivity contribution in [2.45, 2.75) is 17.7 Å². The second-order valence-electron chi connectivity index (χ2n) is 6.89. The van der Waals surface area contributed by atoms with Gasteiger partial charge in [-0.05, 0) is 24.6 Å². The minimum atomic E-state index is -3.87. The summed E-state index contributed by atoms with van der Waals surface area (Å²) in [6.45, 7) is 2.69. The molecule has 3 heterocycles. The fraction of sp³-hybridized carbons (Fsp3) is 0.444. The van der Waals surface area contributed by atoms with Crippen LogP contribution in [0, 0.1) is 5.82 Å². The molecule has 0 amide bonds. The van der Waals surface area contributed by atoms with Crippen LogP contribution in [-0.2, 0) is 27.6 Å². The molecule has 1 aromatic carbocycles. The Bertz CT molecular complexity index is 1090. The van der Waals surface area contributed by atoms with Crippen molar-refractivity contribution >= 4 is 27.6 Å². The largest absolute Gasteiger partial charge is 0.378 e. The Kier molecular flexibility index (Phi) is 5.60. The van der Waals surface area contributed by atoms with Crippen molar-refractivity contribution in [1.82, 2.24) is 14.3 Å². The van der Waals surface area contributed by atoms with Gasteiger partial charge in [-0.3, -0.25) is 9.78 Å². The molecule has 2 aliphatic rings. The lowest BCUT2D eigenvalue weighted by Crippen LogP contribution is -2.38. The number of hydrogen-bond acceptors (Lipinski definition) is 6. The maximum absolute atomic E-state index is 13.4. The fourth-order valence-electron chi connectivity index (χ4n) is 3.53. The second-order valence-corrected chi connectivity index (χ2v) is 9.24. The zero-order chi connectivity index (χ0) is 20.6. The van der Waals surface area contributed by atoms with Crippen LogP contribution in [-0.4, -0.2) is 62.1 Å². The molecule has 29 heavy (non-hydrogen) atoms. The van der Waals surface area contributed by atoms with Crippen LogP contribution in [0.3, 0.4) is 0 Å². The van der Waals surface area contributed by atoms with Gasteiger partial charge in [0.15, 0.2) is 0 Å². The number of nitrogens with one attached hydrogen (secondary N) is 1. The molecule has 1 saturated heterocycles. The summed E-state index contributed by atoms with van der Waals surface area (Å²) in [6.07, 6.45) is 0.556. The van der Waals surface area contributed by atoms with E-state index in [-0.39, 0.29) is 35.0 Å². The van der Waals surface area contributed by atoms with Gasteiger partial charge >= 0.3 is 0 Å². The average Bonchev–Trinajstić information content (AvgIpc) is 2.94. The number of sulfonamides is 1. The highest BCUT2D eigenvalue weighted by molar-refractivity contribution is 7.89. The number of rotatable bonds is 3. The molecule has 11 heteroatoms. The van der Waals surface area contributed by atoms with Gasteiger partial charge in [-0.2, -0.15) is 4.31 Å². The normalized spacial score (nSPS) is 18.3. The maximum Gasteiger partial charge on any atom is 0.255 e. The minimum Gasteiger partial charge on any atom is -0.378 e. The van der Waals surface area contributed by atoms with Crippen molar-refractivity contribution in [3.05, 3.63) is 50.7 Å². The highest BCUT2D eigenvalue weighted by Gasteiger charge is 2.29. The number of anilines is 1. The van der Waals surface area contributed by atoms with Crippen LogP contribution in [0.2, 0.25) is 5.02 Å². The van der Waals surface area contributed by atoms with E-state index in [9.17, 15) is 17.6 Å². The Morgan fingerprint density at radius 1 is 1.14 bits per heavy atom. The zero-order valence-electron chi connectivity index (χ0n) is 15.5. The maximum atomic E-state index is 13.4. The van der Waals surface area contributed by atoms with E-state index < -0.39 is 15.8 Å². The molecule has 0 atom stereocenters. The number of H-pyrrole nitrogens is 1. The Labute approximate surface area is 172 Å². The molecule has 8 nitrogen and oxygen atoms in total. The number of ether oxygens (including phenoxy) is 1. The highest BCUT2D eigenvalue weighted by Crippen LogP contribution is 2.24. The van der Waals surface area contributed by atoms with Gasteiger partial charge in [0.1, 0.15) is 5.82 Å². The number of hydrogen-bond donors (Lipinski definition) is 1. The molecule has 0 radical (unpaired) electrons. The zero-order valence-corrected chi connectivity index (χ0v) is 17.1.